The van der Waals surface area contributed by atoms with Crippen LogP contribution in [0.4, 0.5) is 9.18 Å². The van der Waals surface area contributed by atoms with E-state index in [9.17, 15) is 9.18 Å². The van der Waals surface area contributed by atoms with E-state index < -0.39 is 11.7 Å². The van der Waals surface area contributed by atoms with E-state index >= 15 is 0 Å². The van der Waals surface area contributed by atoms with E-state index in [2.05, 4.69) is 10.6 Å². The standard InChI is InChI=1S/C16H22ClFN2O2/c1-16(2,3)22-15(21)20-9-5-4-8-19-11-12-6-7-13(17)10-14(12)18/h4-7,10,19H,8-9,11H2,1-3H3,(H,20,21)/b5-4+. The summed E-state index contributed by atoms with van der Waals surface area (Å²) in [5.41, 5.74) is 0.0579. The van der Waals surface area contributed by atoms with E-state index in [-0.39, 0.29) is 5.82 Å². The Hall–Kier alpha value is -1.59. The normalized spacial score (nSPS) is 11.7. The lowest BCUT2D eigenvalue weighted by Gasteiger charge is -2.19. The second kappa shape index (κ2) is 8.76. The molecule has 6 heteroatoms. The minimum Gasteiger partial charge on any atom is -0.444 e. The molecule has 0 fully saturated rings. The Kier molecular flexibility index (Phi) is 7.35. The third-order valence-corrected chi connectivity index (χ3v) is 2.76. The number of ether oxygens (including phenoxy) is 1. The molecule has 2 N–H and O–H groups in total. The van der Waals surface area contributed by atoms with Gasteiger partial charge in [0.05, 0.1) is 0 Å². The topological polar surface area (TPSA) is 50.4 Å². The maximum Gasteiger partial charge on any atom is 0.407 e. The van der Waals surface area contributed by atoms with E-state index in [1.165, 1.54) is 6.07 Å². The number of hydrogen-bond acceptors (Lipinski definition) is 3. The van der Waals surface area contributed by atoms with Gasteiger partial charge in [-0.05, 0) is 32.9 Å². The Morgan fingerprint density at radius 1 is 1.32 bits per heavy atom. The first-order chi connectivity index (χ1) is 10.3. The number of alkyl carbamates (subject to hydrolysis) is 1. The highest BCUT2D eigenvalue weighted by atomic mass is 35.5. The monoisotopic (exact) mass is 328 g/mol. The molecule has 4 nitrogen and oxygen atoms in total. The summed E-state index contributed by atoms with van der Waals surface area (Å²) in [6.45, 7) is 6.78. The van der Waals surface area contributed by atoms with Crippen molar-refractivity contribution in [1.82, 2.24) is 10.6 Å². The highest BCUT2D eigenvalue weighted by Gasteiger charge is 2.14. The van der Waals surface area contributed by atoms with Gasteiger partial charge in [-0.3, -0.25) is 0 Å². The maximum absolute atomic E-state index is 13.5. The Balaban J connectivity index is 2.18. The summed E-state index contributed by atoms with van der Waals surface area (Å²) in [6, 6.07) is 4.60. The Morgan fingerprint density at radius 3 is 2.64 bits per heavy atom. The molecule has 0 saturated carbocycles. The summed E-state index contributed by atoms with van der Waals surface area (Å²) < 4.78 is 18.6. The van der Waals surface area contributed by atoms with Gasteiger partial charge in [0.1, 0.15) is 11.4 Å². The molecular weight excluding hydrogens is 307 g/mol. The van der Waals surface area contributed by atoms with Crippen molar-refractivity contribution in [3.63, 3.8) is 0 Å². The molecule has 122 valence electrons. The number of benzene rings is 1. The molecule has 0 saturated heterocycles. The first-order valence-corrected chi connectivity index (χ1v) is 7.42. The zero-order valence-electron chi connectivity index (χ0n) is 13.1. The lowest BCUT2D eigenvalue weighted by Crippen LogP contribution is -2.32. The van der Waals surface area contributed by atoms with Gasteiger partial charge in [-0.25, -0.2) is 9.18 Å². The fourth-order valence-corrected chi connectivity index (χ4v) is 1.74. The van der Waals surface area contributed by atoms with Gasteiger partial charge in [0.2, 0.25) is 0 Å². The van der Waals surface area contributed by atoms with Gasteiger partial charge in [0.25, 0.3) is 0 Å². The van der Waals surface area contributed by atoms with Gasteiger partial charge in [-0.15, -0.1) is 0 Å². The Labute approximate surface area is 135 Å². The fourth-order valence-electron chi connectivity index (χ4n) is 1.58. The molecule has 0 aliphatic carbocycles. The van der Waals surface area contributed by atoms with E-state index in [1.807, 2.05) is 26.8 Å². The van der Waals surface area contributed by atoms with Crippen molar-refractivity contribution in [2.75, 3.05) is 13.1 Å². The molecule has 0 atom stereocenters. The second-order valence-electron chi connectivity index (χ2n) is 5.72. The largest absolute Gasteiger partial charge is 0.444 e. The number of hydrogen-bond donors (Lipinski definition) is 2. The molecule has 0 spiro atoms. The van der Waals surface area contributed by atoms with E-state index in [4.69, 9.17) is 16.3 Å². The summed E-state index contributed by atoms with van der Waals surface area (Å²) in [7, 11) is 0. The van der Waals surface area contributed by atoms with Gasteiger partial charge in [0, 0.05) is 30.2 Å². The van der Waals surface area contributed by atoms with Gasteiger partial charge < -0.3 is 15.4 Å². The molecule has 0 bridgehead atoms. The summed E-state index contributed by atoms with van der Waals surface area (Å²) in [4.78, 5) is 11.4. The molecular formula is C16H22ClFN2O2. The molecule has 1 amide bonds. The van der Waals surface area contributed by atoms with Crippen molar-refractivity contribution >= 4 is 17.7 Å². The van der Waals surface area contributed by atoms with Gasteiger partial charge in [-0.2, -0.15) is 0 Å². The van der Waals surface area contributed by atoms with Crippen molar-refractivity contribution in [2.24, 2.45) is 0 Å². The van der Waals surface area contributed by atoms with Gasteiger partial charge >= 0.3 is 6.09 Å². The predicted octanol–water partition coefficient (Wildman–Crippen LogP) is 3.65. The van der Waals surface area contributed by atoms with Crippen LogP contribution in [0.25, 0.3) is 0 Å². The van der Waals surface area contributed by atoms with Crippen molar-refractivity contribution in [3.8, 4) is 0 Å². The van der Waals surface area contributed by atoms with Crippen LogP contribution in [0.15, 0.2) is 30.4 Å². The van der Waals surface area contributed by atoms with Crippen LogP contribution >= 0.6 is 11.6 Å². The number of nitrogens with one attached hydrogen (secondary N) is 2. The fraction of sp³-hybridized carbons (Fsp3) is 0.438. The van der Waals surface area contributed by atoms with Crippen LogP contribution in [0.3, 0.4) is 0 Å². The minimum atomic E-state index is -0.502. The Morgan fingerprint density at radius 2 is 2.00 bits per heavy atom. The van der Waals surface area contributed by atoms with Crippen LogP contribution in [0.2, 0.25) is 5.02 Å². The van der Waals surface area contributed by atoms with Crippen LogP contribution < -0.4 is 10.6 Å². The first-order valence-electron chi connectivity index (χ1n) is 7.04. The number of rotatable bonds is 6. The Bertz CT molecular complexity index is 527. The average molecular weight is 329 g/mol. The molecule has 0 aliphatic heterocycles. The van der Waals surface area contributed by atoms with Gasteiger partial charge in [0.15, 0.2) is 0 Å². The van der Waals surface area contributed by atoms with Crippen LogP contribution in [0, 0.1) is 5.82 Å². The second-order valence-corrected chi connectivity index (χ2v) is 6.16. The third-order valence-electron chi connectivity index (χ3n) is 2.52. The highest BCUT2D eigenvalue weighted by Crippen LogP contribution is 2.14. The molecule has 0 heterocycles. The summed E-state index contributed by atoms with van der Waals surface area (Å²) in [5.74, 6) is -0.324. The molecule has 0 aliphatic rings. The minimum absolute atomic E-state index is 0.324. The number of carbonyl (C=O) groups is 1. The quantitative estimate of drug-likeness (QED) is 0.619. The molecule has 0 unspecified atom stereocenters. The van der Waals surface area contributed by atoms with Gasteiger partial charge in [-0.1, -0.05) is 29.8 Å². The zero-order valence-corrected chi connectivity index (χ0v) is 13.8. The van der Waals surface area contributed by atoms with E-state index in [0.717, 1.165) is 0 Å². The van der Waals surface area contributed by atoms with E-state index in [1.54, 1.807) is 18.2 Å². The average Bonchev–Trinajstić information content (AvgIpc) is 2.37. The SMILES string of the molecule is CC(C)(C)OC(=O)NC/C=C/CNCc1ccc(Cl)cc1F. The van der Waals surface area contributed by atoms with Crippen LogP contribution in [0.5, 0.6) is 0 Å². The third kappa shape index (κ3) is 8.00. The first kappa shape index (κ1) is 18.5. The summed E-state index contributed by atoms with van der Waals surface area (Å²) in [6.07, 6.45) is 3.20. The van der Waals surface area contributed by atoms with E-state index in [0.29, 0.717) is 30.2 Å². The molecule has 1 rings (SSSR count). The van der Waals surface area contributed by atoms with Crippen LogP contribution in [0.1, 0.15) is 26.3 Å². The smallest absolute Gasteiger partial charge is 0.407 e. The maximum atomic E-state index is 13.5. The summed E-state index contributed by atoms with van der Waals surface area (Å²) in [5, 5.41) is 6.07. The number of halogens is 2. The van der Waals surface area contributed by atoms with Crippen molar-refractivity contribution in [2.45, 2.75) is 32.9 Å². The summed E-state index contributed by atoms with van der Waals surface area (Å²) >= 11 is 5.68. The molecule has 22 heavy (non-hydrogen) atoms. The number of carbonyl (C=O) groups excluding carboxylic acids is 1. The predicted molar refractivity (Wildman–Crippen MR) is 86.5 cm³/mol. The molecule has 1 aromatic rings. The van der Waals surface area contributed by atoms with Crippen molar-refractivity contribution < 1.29 is 13.9 Å². The lowest BCUT2D eigenvalue weighted by atomic mass is 10.2. The van der Waals surface area contributed by atoms with Crippen molar-refractivity contribution in [3.05, 3.63) is 46.8 Å². The van der Waals surface area contributed by atoms with Crippen LogP contribution in [-0.4, -0.2) is 24.8 Å². The molecule has 0 radical (unpaired) electrons. The molecule has 0 aromatic heterocycles. The zero-order chi connectivity index (χ0) is 16.6. The lowest BCUT2D eigenvalue weighted by molar-refractivity contribution is 0.0534. The highest BCUT2D eigenvalue weighted by molar-refractivity contribution is 6.30. The van der Waals surface area contributed by atoms with Crippen molar-refractivity contribution in [1.29, 1.82) is 0 Å². The molecule has 1 aromatic carbocycles. The van der Waals surface area contributed by atoms with Crippen LogP contribution in [-0.2, 0) is 11.3 Å². The number of amides is 1.